The molecule has 90 valence electrons. The van der Waals surface area contributed by atoms with E-state index in [-0.39, 0.29) is 12.5 Å². The first-order valence-corrected chi connectivity index (χ1v) is 6.02. The van der Waals surface area contributed by atoms with E-state index in [1.807, 2.05) is 30.3 Å². The molecule has 1 unspecified atom stereocenters. The zero-order chi connectivity index (χ0) is 12.1. The molecule has 0 saturated heterocycles. The van der Waals surface area contributed by atoms with Gasteiger partial charge in [0.1, 0.15) is 0 Å². The molecular formula is C14H15ClO2. The molecular weight excluding hydrogens is 236 g/mol. The second-order valence-electron chi connectivity index (χ2n) is 4.18. The molecule has 1 aromatic heterocycles. The minimum absolute atomic E-state index is 0.149. The van der Waals surface area contributed by atoms with E-state index in [2.05, 4.69) is 0 Å². The second-order valence-corrected chi connectivity index (χ2v) is 4.59. The fourth-order valence-corrected chi connectivity index (χ4v) is 2.13. The Labute approximate surface area is 106 Å². The van der Waals surface area contributed by atoms with Crippen LogP contribution in [-0.4, -0.2) is 11.7 Å². The van der Waals surface area contributed by atoms with E-state index in [0.717, 1.165) is 29.0 Å². The normalized spacial score (nSPS) is 12.6. The van der Waals surface area contributed by atoms with Crippen LogP contribution in [0.5, 0.6) is 0 Å². The highest BCUT2D eigenvalue weighted by Crippen LogP contribution is 2.21. The van der Waals surface area contributed by atoms with E-state index in [9.17, 15) is 5.11 Å². The maximum absolute atomic E-state index is 9.40. The lowest BCUT2D eigenvalue weighted by Gasteiger charge is -2.14. The highest BCUT2D eigenvalue weighted by Gasteiger charge is 2.12. The number of hydrogen-bond acceptors (Lipinski definition) is 2. The topological polar surface area (TPSA) is 33.4 Å². The molecule has 1 atom stereocenters. The summed E-state index contributed by atoms with van der Waals surface area (Å²) >= 11 is 6.11. The Hall–Kier alpha value is -1.25. The summed E-state index contributed by atoms with van der Waals surface area (Å²) in [5.41, 5.74) is 2.19. The Morgan fingerprint density at radius 2 is 2.00 bits per heavy atom. The molecule has 2 nitrogen and oxygen atoms in total. The van der Waals surface area contributed by atoms with Gasteiger partial charge in [-0.15, -0.1) is 0 Å². The zero-order valence-electron chi connectivity index (χ0n) is 9.47. The molecule has 0 amide bonds. The van der Waals surface area contributed by atoms with Crippen LogP contribution in [0.25, 0.3) is 0 Å². The van der Waals surface area contributed by atoms with Crippen molar-refractivity contribution >= 4 is 11.6 Å². The van der Waals surface area contributed by atoms with E-state index in [1.165, 1.54) is 0 Å². The van der Waals surface area contributed by atoms with Gasteiger partial charge in [0.25, 0.3) is 0 Å². The largest absolute Gasteiger partial charge is 0.472 e. The first-order valence-electron chi connectivity index (χ1n) is 5.65. The third-order valence-corrected chi connectivity index (χ3v) is 3.20. The van der Waals surface area contributed by atoms with Gasteiger partial charge in [-0.05, 0) is 42.0 Å². The van der Waals surface area contributed by atoms with Gasteiger partial charge in [-0.3, -0.25) is 0 Å². The Morgan fingerprint density at radius 1 is 1.18 bits per heavy atom. The zero-order valence-corrected chi connectivity index (χ0v) is 10.2. The predicted molar refractivity (Wildman–Crippen MR) is 68.1 cm³/mol. The van der Waals surface area contributed by atoms with Crippen molar-refractivity contribution in [2.45, 2.75) is 12.8 Å². The quantitative estimate of drug-likeness (QED) is 0.883. The van der Waals surface area contributed by atoms with Gasteiger partial charge in [0.2, 0.25) is 0 Å². The summed E-state index contributed by atoms with van der Waals surface area (Å²) in [6, 6.07) is 9.68. The summed E-state index contributed by atoms with van der Waals surface area (Å²) in [5, 5.41) is 10.2. The van der Waals surface area contributed by atoms with E-state index in [1.54, 1.807) is 12.5 Å². The van der Waals surface area contributed by atoms with Gasteiger partial charge in [-0.1, -0.05) is 29.8 Å². The lowest BCUT2D eigenvalue weighted by molar-refractivity contribution is 0.225. The van der Waals surface area contributed by atoms with Crippen LogP contribution in [0, 0.1) is 5.92 Å². The molecule has 0 fully saturated rings. The molecule has 2 rings (SSSR count). The van der Waals surface area contributed by atoms with Crippen molar-refractivity contribution in [3.8, 4) is 0 Å². The molecule has 0 aliphatic carbocycles. The van der Waals surface area contributed by atoms with Gasteiger partial charge in [0.05, 0.1) is 12.5 Å². The van der Waals surface area contributed by atoms with Crippen LogP contribution >= 0.6 is 11.6 Å². The first-order chi connectivity index (χ1) is 8.29. The number of rotatable bonds is 5. The van der Waals surface area contributed by atoms with Crippen molar-refractivity contribution in [3.63, 3.8) is 0 Å². The minimum atomic E-state index is 0.149. The Balaban J connectivity index is 2.03. The summed E-state index contributed by atoms with van der Waals surface area (Å²) in [4.78, 5) is 0. The van der Waals surface area contributed by atoms with Crippen molar-refractivity contribution in [1.29, 1.82) is 0 Å². The third kappa shape index (κ3) is 3.35. The molecule has 0 aliphatic rings. The Kier molecular flexibility index (Phi) is 4.24. The molecule has 0 radical (unpaired) electrons. The van der Waals surface area contributed by atoms with Crippen LogP contribution in [0.4, 0.5) is 0 Å². The fourth-order valence-electron chi connectivity index (χ4n) is 1.92. The molecule has 17 heavy (non-hydrogen) atoms. The van der Waals surface area contributed by atoms with Gasteiger partial charge >= 0.3 is 0 Å². The van der Waals surface area contributed by atoms with Gasteiger partial charge < -0.3 is 9.52 Å². The second kappa shape index (κ2) is 5.89. The van der Waals surface area contributed by atoms with E-state index < -0.39 is 0 Å². The lowest BCUT2D eigenvalue weighted by Crippen LogP contribution is -2.12. The van der Waals surface area contributed by atoms with Crippen molar-refractivity contribution in [1.82, 2.24) is 0 Å². The minimum Gasteiger partial charge on any atom is -0.472 e. The number of aliphatic hydroxyl groups is 1. The van der Waals surface area contributed by atoms with E-state index in [4.69, 9.17) is 16.0 Å². The number of halogens is 1. The van der Waals surface area contributed by atoms with Crippen LogP contribution in [0.3, 0.4) is 0 Å². The molecule has 0 aliphatic heterocycles. The van der Waals surface area contributed by atoms with Gasteiger partial charge in [0.15, 0.2) is 0 Å². The maximum atomic E-state index is 9.40. The average molecular weight is 251 g/mol. The van der Waals surface area contributed by atoms with Crippen molar-refractivity contribution < 1.29 is 9.52 Å². The van der Waals surface area contributed by atoms with Crippen LogP contribution in [0.15, 0.2) is 47.3 Å². The highest BCUT2D eigenvalue weighted by molar-refractivity contribution is 6.31. The van der Waals surface area contributed by atoms with Crippen LogP contribution in [0.2, 0.25) is 5.02 Å². The van der Waals surface area contributed by atoms with Crippen LogP contribution < -0.4 is 0 Å². The predicted octanol–water partition coefficient (Wildman–Crippen LogP) is 3.33. The maximum Gasteiger partial charge on any atom is 0.0934 e. The number of benzene rings is 1. The van der Waals surface area contributed by atoms with Gasteiger partial charge in [-0.2, -0.15) is 0 Å². The monoisotopic (exact) mass is 250 g/mol. The Bertz CT molecular complexity index is 451. The molecule has 1 N–H and O–H groups in total. The van der Waals surface area contributed by atoms with Crippen LogP contribution in [0.1, 0.15) is 11.1 Å². The number of aliphatic hydroxyl groups excluding tert-OH is 1. The van der Waals surface area contributed by atoms with Crippen molar-refractivity contribution in [2.75, 3.05) is 6.61 Å². The summed E-state index contributed by atoms with van der Waals surface area (Å²) in [7, 11) is 0. The summed E-state index contributed by atoms with van der Waals surface area (Å²) in [6.45, 7) is 0.149. The summed E-state index contributed by atoms with van der Waals surface area (Å²) in [6.07, 6.45) is 4.95. The molecule has 1 aromatic carbocycles. The standard InChI is InChI=1S/C14H15ClO2/c15-14-4-2-1-3-13(14)8-12(9-16)7-11-5-6-17-10-11/h1-6,10,12,16H,7-9H2. The number of furan rings is 1. The van der Waals surface area contributed by atoms with Gasteiger partial charge in [0, 0.05) is 11.6 Å². The van der Waals surface area contributed by atoms with Crippen molar-refractivity contribution in [2.24, 2.45) is 5.92 Å². The molecule has 3 heteroatoms. The molecule has 0 bridgehead atoms. The average Bonchev–Trinajstić information content (AvgIpc) is 2.84. The number of hydrogen-bond donors (Lipinski definition) is 1. The summed E-state index contributed by atoms with van der Waals surface area (Å²) < 4.78 is 5.03. The van der Waals surface area contributed by atoms with Crippen molar-refractivity contribution in [3.05, 3.63) is 59.0 Å². The van der Waals surface area contributed by atoms with Crippen LogP contribution in [-0.2, 0) is 12.8 Å². The smallest absolute Gasteiger partial charge is 0.0934 e. The Morgan fingerprint density at radius 3 is 2.65 bits per heavy atom. The lowest BCUT2D eigenvalue weighted by atomic mass is 9.94. The molecule has 0 saturated carbocycles. The SMILES string of the molecule is OCC(Cc1ccoc1)Cc1ccccc1Cl. The van der Waals surface area contributed by atoms with E-state index in [0.29, 0.717) is 0 Å². The van der Waals surface area contributed by atoms with E-state index >= 15 is 0 Å². The molecule has 0 spiro atoms. The highest BCUT2D eigenvalue weighted by atomic mass is 35.5. The molecule has 2 aromatic rings. The first kappa shape index (κ1) is 12.2. The van der Waals surface area contributed by atoms with Gasteiger partial charge in [-0.25, -0.2) is 0 Å². The summed E-state index contributed by atoms with van der Waals surface area (Å²) in [5.74, 6) is 0.174. The molecule has 1 heterocycles. The fraction of sp³-hybridized carbons (Fsp3) is 0.286. The third-order valence-electron chi connectivity index (χ3n) is 2.83.